The van der Waals surface area contributed by atoms with E-state index in [4.69, 9.17) is 0 Å². The summed E-state index contributed by atoms with van der Waals surface area (Å²) in [5, 5.41) is 17.1. The largest absolute Gasteiger partial charge is 0.665 e. The molecule has 83 valence electrons. The molecular weight excluding hydrogens is 216 g/mol. The standard InChI is InChI=1S/C8H16N4.Cu/c1-2-10-5-6-12-8-7-11-4-3-9-1;/h1-8H2;/q-4;/i;1+0. The van der Waals surface area contributed by atoms with Crippen LogP contribution in [0.3, 0.4) is 0 Å². The van der Waals surface area contributed by atoms with E-state index >= 15 is 0 Å². The molecule has 1 heterocycles. The van der Waals surface area contributed by atoms with Crippen LogP contribution in [0.2, 0.25) is 0 Å². The zero-order valence-corrected chi connectivity index (χ0v) is 8.69. The molecule has 0 bridgehead atoms. The Morgan fingerprint density at radius 1 is 0.385 bits per heavy atom. The fourth-order valence-electron chi connectivity index (χ4n) is 1.01. The van der Waals surface area contributed by atoms with Crippen LogP contribution in [-0.4, -0.2) is 52.4 Å². The van der Waals surface area contributed by atoms with Gasteiger partial charge in [-0.3, -0.25) is 0 Å². The van der Waals surface area contributed by atoms with E-state index in [1.165, 1.54) is 0 Å². The SMILES string of the molecule is C1C[N-]CC[N-]CC[N-]CC[N-]1.[64Cu]. The first kappa shape index (κ1) is 13.4. The van der Waals surface area contributed by atoms with Gasteiger partial charge in [0.2, 0.25) is 0 Å². The van der Waals surface area contributed by atoms with Gasteiger partial charge in [-0.25, -0.2) is 0 Å². The molecule has 1 aliphatic heterocycles. The maximum Gasteiger partial charge on any atom is 0 e. The normalized spacial score (nSPS) is 22.2. The fourth-order valence-corrected chi connectivity index (χ4v) is 1.01. The third-order valence-electron chi connectivity index (χ3n) is 1.66. The van der Waals surface area contributed by atoms with Crippen molar-refractivity contribution in [3.63, 3.8) is 0 Å². The van der Waals surface area contributed by atoms with Crippen molar-refractivity contribution in [3.8, 4) is 0 Å². The van der Waals surface area contributed by atoms with Crippen molar-refractivity contribution in [2.24, 2.45) is 0 Å². The molecule has 13 heavy (non-hydrogen) atoms. The molecule has 1 rings (SSSR count). The van der Waals surface area contributed by atoms with Crippen LogP contribution in [0.5, 0.6) is 0 Å². The van der Waals surface area contributed by atoms with E-state index in [2.05, 4.69) is 21.3 Å². The summed E-state index contributed by atoms with van der Waals surface area (Å²) in [6, 6.07) is 0. The summed E-state index contributed by atoms with van der Waals surface area (Å²) in [5.41, 5.74) is 0. The summed E-state index contributed by atoms with van der Waals surface area (Å²) < 4.78 is 0. The molecule has 4 nitrogen and oxygen atoms in total. The van der Waals surface area contributed by atoms with Gasteiger partial charge in [0, 0.05) is 17.1 Å². The topological polar surface area (TPSA) is 56.4 Å². The maximum absolute atomic E-state index is 4.29. The molecule has 1 saturated heterocycles. The minimum atomic E-state index is 0. The van der Waals surface area contributed by atoms with Gasteiger partial charge < -0.3 is 21.3 Å². The van der Waals surface area contributed by atoms with Gasteiger partial charge in [0.15, 0.2) is 0 Å². The first-order chi connectivity index (χ1) is 6.00. The van der Waals surface area contributed by atoms with Gasteiger partial charge in [-0.2, -0.15) is 52.4 Å². The Labute approximate surface area is 91.1 Å². The van der Waals surface area contributed by atoms with Crippen LogP contribution in [0.4, 0.5) is 0 Å². The molecule has 0 aromatic heterocycles. The van der Waals surface area contributed by atoms with Crippen LogP contribution in [0.15, 0.2) is 0 Å². The first-order valence-corrected chi connectivity index (χ1v) is 4.53. The smallest absolute Gasteiger partial charge is 0 e. The zero-order chi connectivity index (χ0) is 8.49. The molecular formula is C8H16CuN4-4. The third-order valence-corrected chi connectivity index (χ3v) is 1.66. The van der Waals surface area contributed by atoms with E-state index < -0.39 is 0 Å². The predicted molar refractivity (Wildman–Crippen MR) is 52.4 cm³/mol. The van der Waals surface area contributed by atoms with E-state index in [1.807, 2.05) is 0 Å². The average Bonchev–Trinajstić information content (AvgIpc) is 2.05. The van der Waals surface area contributed by atoms with Crippen LogP contribution < -0.4 is 0 Å². The van der Waals surface area contributed by atoms with Crippen molar-refractivity contribution in [3.05, 3.63) is 21.3 Å². The second-order valence-corrected chi connectivity index (χ2v) is 2.68. The Kier molecular flexibility index (Phi) is 10.7. The number of rotatable bonds is 0. The molecule has 0 atom stereocenters. The molecule has 0 amide bonds. The molecule has 5 heteroatoms. The number of hydrogen-bond donors (Lipinski definition) is 0. The summed E-state index contributed by atoms with van der Waals surface area (Å²) in [6.07, 6.45) is 0. The van der Waals surface area contributed by atoms with Gasteiger partial charge in [0.25, 0.3) is 0 Å². The number of hydrogen-bond acceptors (Lipinski definition) is 0. The van der Waals surface area contributed by atoms with Gasteiger partial charge in [-0.1, -0.05) is 0 Å². The Bertz CT molecular complexity index is 59.1. The van der Waals surface area contributed by atoms with Crippen molar-refractivity contribution in [1.29, 1.82) is 0 Å². The minimum absolute atomic E-state index is 0. The molecule has 0 aromatic carbocycles. The van der Waals surface area contributed by atoms with Gasteiger partial charge in [0.1, 0.15) is 0 Å². The van der Waals surface area contributed by atoms with Crippen LogP contribution in [0.25, 0.3) is 21.3 Å². The quantitative estimate of drug-likeness (QED) is 0.568. The van der Waals surface area contributed by atoms with Crippen LogP contribution in [0.1, 0.15) is 0 Å². The van der Waals surface area contributed by atoms with Crippen LogP contribution in [-0.2, 0) is 17.1 Å². The molecule has 0 N–H and O–H groups in total. The van der Waals surface area contributed by atoms with Crippen molar-refractivity contribution in [1.82, 2.24) is 0 Å². The Hall–Kier alpha value is 0.359. The van der Waals surface area contributed by atoms with E-state index in [0.29, 0.717) is 0 Å². The fraction of sp³-hybridized carbons (Fsp3) is 1.00. The van der Waals surface area contributed by atoms with E-state index in [-0.39, 0.29) is 17.1 Å². The zero-order valence-electron chi connectivity index (χ0n) is 7.75. The van der Waals surface area contributed by atoms with Gasteiger partial charge >= 0.3 is 0 Å². The average molecular weight is 232 g/mol. The van der Waals surface area contributed by atoms with Crippen molar-refractivity contribution in [2.75, 3.05) is 52.4 Å². The monoisotopic (exact) mass is 232 g/mol. The molecule has 0 aromatic rings. The molecule has 0 spiro atoms. The van der Waals surface area contributed by atoms with Gasteiger partial charge in [-0.15, -0.1) is 0 Å². The van der Waals surface area contributed by atoms with Crippen LogP contribution in [0, 0.1) is 0 Å². The van der Waals surface area contributed by atoms with E-state index in [1.54, 1.807) is 0 Å². The second-order valence-electron chi connectivity index (χ2n) is 2.68. The molecule has 0 saturated carbocycles. The molecule has 0 aliphatic carbocycles. The van der Waals surface area contributed by atoms with Crippen molar-refractivity contribution >= 4 is 0 Å². The first-order valence-electron chi connectivity index (χ1n) is 4.53. The summed E-state index contributed by atoms with van der Waals surface area (Å²) in [5.74, 6) is 0. The van der Waals surface area contributed by atoms with Crippen molar-refractivity contribution < 1.29 is 17.1 Å². The Balaban J connectivity index is 0.00000144. The van der Waals surface area contributed by atoms with E-state index in [9.17, 15) is 0 Å². The van der Waals surface area contributed by atoms with Gasteiger partial charge in [-0.05, 0) is 0 Å². The van der Waals surface area contributed by atoms with Crippen molar-refractivity contribution in [2.45, 2.75) is 0 Å². The Morgan fingerprint density at radius 2 is 0.538 bits per heavy atom. The summed E-state index contributed by atoms with van der Waals surface area (Å²) in [6.45, 7) is 6.85. The summed E-state index contributed by atoms with van der Waals surface area (Å²) >= 11 is 0. The maximum atomic E-state index is 4.29. The Morgan fingerprint density at radius 3 is 0.692 bits per heavy atom. The molecule has 1 aliphatic rings. The minimum Gasteiger partial charge on any atom is -0.665 e. The molecule has 1 radical (unpaired) electrons. The number of nitrogens with zero attached hydrogens (tertiary/aromatic N) is 4. The second kappa shape index (κ2) is 10.4. The predicted octanol–water partition coefficient (Wildman–Crippen LogP) is 1.49. The molecule has 1 fully saturated rings. The molecule has 0 unspecified atom stereocenters. The summed E-state index contributed by atoms with van der Waals surface area (Å²) in [7, 11) is 0. The van der Waals surface area contributed by atoms with Gasteiger partial charge in [0.05, 0.1) is 0 Å². The van der Waals surface area contributed by atoms with Crippen LogP contribution >= 0.6 is 0 Å². The van der Waals surface area contributed by atoms with E-state index in [0.717, 1.165) is 52.4 Å². The summed E-state index contributed by atoms with van der Waals surface area (Å²) in [4.78, 5) is 0. The third kappa shape index (κ3) is 8.68.